The van der Waals surface area contributed by atoms with Crippen LogP contribution in [-0.2, 0) is 0 Å². The Bertz CT molecular complexity index is 287. The van der Waals surface area contributed by atoms with Crippen molar-refractivity contribution in [2.24, 2.45) is 5.84 Å². The van der Waals surface area contributed by atoms with Crippen molar-refractivity contribution in [1.29, 1.82) is 0 Å². The van der Waals surface area contributed by atoms with Gasteiger partial charge in [-0.3, -0.25) is 16.3 Å². The van der Waals surface area contributed by atoms with Crippen LogP contribution in [0.2, 0.25) is 0 Å². The maximum Gasteiger partial charge on any atom is 0.0632 e. The normalized spacial score (nSPS) is 12.7. The summed E-state index contributed by atoms with van der Waals surface area (Å²) in [4.78, 5) is 4.36. The van der Waals surface area contributed by atoms with Gasteiger partial charge in [0.2, 0.25) is 0 Å². The van der Waals surface area contributed by atoms with Gasteiger partial charge < -0.3 is 0 Å². The topological polar surface area (TPSA) is 50.9 Å². The van der Waals surface area contributed by atoms with E-state index in [0.717, 1.165) is 16.6 Å². The monoisotopic (exact) mass is 285 g/mol. The van der Waals surface area contributed by atoms with Crippen molar-refractivity contribution in [2.75, 3.05) is 0 Å². The molecule has 16 heavy (non-hydrogen) atoms. The molecule has 4 heteroatoms. The van der Waals surface area contributed by atoms with E-state index in [4.69, 9.17) is 5.84 Å². The van der Waals surface area contributed by atoms with E-state index in [2.05, 4.69) is 33.3 Å². The highest BCUT2D eigenvalue weighted by Crippen LogP contribution is 2.19. The Kier molecular flexibility index (Phi) is 6.61. The van der Waals surface area contributed by atoms with Crippen molar-refractivity contribution in [1.82, 2.24) is 10.4 Å². The summed E-state index contributed by atoms with van der Waals surface area (Å²) in [7, 11) is 0. The molecule has 0 aliphatic carbocycles. The van der Waals surface area contributed by atoms with E-state index in [9.17, 15) is 0 Å². The summed E-state index contributed by atoms with van der Waals surface area (Å²) in [6.45, 7) is 2.22. The molecule has 90 valence electrons. The van der Waals surface area contributed by atoms with Crippen LogP contribution in [0, 0.1) is 0 Å². The van der Waals surface area contributed by atoms with Crippen molar-refractivity contribution in [3.8, 4) is 0 Å². The first-order valence-corrected chi connectivity index (χ1v) is 6.64. The molecule has 0 bridgehead atoms. The molecule has 0 saturated heterocycles. The smallest absolute Gasteiger partial charge is 0.0632 e. The van der Waals surface area contributed by atoms with Crippen molar-refractivity contribution in [2.45, 2.75) is 45.1 Å². The molecule has 0 saturated carbocycles. The van der Waals surface area contributed by atoms with Gasteiger partial charge in [0.25, 0.3) is 0 Å². The number of rotatable bonds is 7. The number of unbranched alkanes of at least 4 members (excludes halogenated alkanes) is 3. The molecular weight excluding hydrogens is 266 g/mol. The molecule has 1 heterocycles. The third kappa shape index (κ3) is 4.60. The average molecular weight is 286 g/mol. The lowest BCUT2D eigenvalue weighted by Crippen LogP contribution is -2.28. The lowest BCUT2D eigenvalue weighted by Gasteiger charge is -2.15. The van der Waals surface area contributed by atoms with Crippen LogP contribution in [0.15, 0.2) is 22.8 Å². The molecule has 0 amide bonds. The minimum atomic E-state index is 0.171. The number of nitrogens with zero attached hydrogens (tertiary/aromatic N) is 1. The fraction of sp³-hybridized carbons (Fsp3) is 0.583. The van der Waals surface area contributed by atoms with Crippen LogP contribution in [-0.4, -0.2) is 4.98 Å². The van der Waals surface area contributed by atoms with Gasteiger partial charge in [0, 0.05) is 10.7 Å². The number of hydrazine groups is 1. The number of nitrogens with two attached hydrogens (primary N) is 1. The molecule has 0 fully saturated rings. The quantitative estimate of drug-likeness (QED) is 0.459. The first-order chi connectivity index (χ1) is 7.77. The van der Waals surface area contributed by atoms with Gasteiger partial charge in [0.1, 0.15) is 0 Å². The predicted octanol–water partition coefficient (Wildman–Crippen LogP) is 3.32. The standard InChI is InChI=1S/C12H20BrN3/c1-2-3-4-5-6-12(16-14)11-8-7-10(13)9-15-11/h7-9,12,16H,2-6,14H2,1H3. The second-order valence-corrected chi connectivity index (χ2v) is 4.89. The number of pyridine rings is 1. The average Bonchev–Trinajstić information content (AvgIpc) is 2.31. The summed E-state index contributed by atoms with van der Waals surface area (Å²) in [5, 5.41) is 0. The van der Waals surface area contributed by atoms with Crippen molar-refractivity contribution in [3.63, 3.8) is 0 Å². The van der Waals surface area contributed by atoms with E-state index in [0.29, 0.717) is 0 Å². The zero-order chi connectivity index (χ0) is 11.8. The molecule has 1 atom stereocenters. The minimum Gasteiger partial charge on any atom is -0.271 e. The van der Waals surface area contributed by atoms with Crippen LogP contribution in [0.3, 0.4) is 0 Å². The Hall–Kier alpha value is -0.450. The summed E-state index contributed by atoms with van der Waals surface area (Å²) in [6, 6.07) is 4.18. The fourth-order valence-electron chi connectivity index (χ4n) is 1.69. The van der Waals surface area contributed by atoms with Crippen LogP contribution < -0.4 is 11.3 Å². The van der Waals surface area contributed by atoms with E-state index in [1.54, 1.807) is 0 Å². The zero-order valence-electron chi connectivity index (χ0n) is 9.75. The summed E-state index contributed by atoms with van der Waals surface area (Å²) in [6.07, 6.45) is 7.88. The molecule has 0 spiro atoms. The first kappa shape index (κ1) is 13.6. The highest BCUT2D eigenvalue weighted by atomic mass is 79.9. The molecule has 3 N–H and O–H groups in total. The maximum absolute atomic E-state index is 5.56. The molecular formula is C12H20BrN3. The van der Waals surface area contributed by atoms with Gasteiger partial charge in [-0.15, -0.1) is 0 Å². The van der Waals surface area contributed by atoms with E-state index < -0.39 is 0 Å². The largest absolute Gasteiger partial charge is 0.271 e. The van der Waals surface area contributed by atoms with Gasteiger partial charge >= 0.3 is 0 Å². The molecule has 1 unspecified atom stereocenters. The second kappa shape index (κ2) is 7.76. The van der Waals surface area contributed by atoms with Gasteiger partial charge in [-0.05, 0) is 34.5 Å². The van der Waals surface area contributed by atoms with Crippen molar-refractivity contribution in [3.05, 3.63) is 28.5 Å². The Balaban J connectivity index is 2.44. The lowest BCUT2D eigenvalue weighted by molar-refractivity contribution is 0.473. The number of nitrogens with one attached hydrogen (secondary N) is 1. The SMILES string of the molecule is CCCCCCC(NN)c1ccc(Br)cn1. The van der Waals surface area contributed by atoms with Gasteiger partial charge in [-0.25, -0.2) is 0 Å². The Morgan fingerprint density at radius 3 is 2.75 bits per heavy atom. The molecule has 1 rings (SSSR count). The zero-order valence-corrected chi connectivity index (χ0v) is 11.3. The van der Waals surface area contributed by atoms with Crippen LogP contribution >= 0.6 is 15.9 Å². The summed E-state index contributed by atoms with van der Waals surface area (Å²) < 4.78 is 0.998. The molecule has 1 aromatic heterocycles. The summed E-state index contributed by atoms with van der Waals surface area (Å²) >= 11 is 3.38. The van der Waals surface area contributed by atoms with Crippen LogP contribution in [0.25, 0.3) is 0 Å². The van der Waals surface area contributed by atoms with Crippen LogP contribution in [0.1, 0.15) is 50.8 Å². The third-order valence-corrected chi connectivity index (χ3v) is 3.12. The predicted molar refractivity (Wildman–Crippen MR) is 70.8 cm³/mol. The number of hydrogen-bond donors (Lipinski definition) is 2. The number of halogens is 1. The Labute approximate surface area is 106 Å². The fourth-order valence-corrected chi connectivity index (χ4v) is 1.92. The number of hydrogen-bond acceptors (Lipinski definition) is 3. The minimum absolute atomic E-state index is 0.171. The van der Waals surface area contributed by atoms with Gasteiger partial charge in [0.05, 0.1) is 11.7 Å². The lowest BCUT2D eigenvalue weighted by atomic mass is 10.0. The first-order valence-electron chi connectivity index (χ1n) is 5.85. The van der Waals surface area contributed by atoms with E-state index in [1.165, 1.54) is 25.7 Å². The van der Waals surface area contributed by atoms with Gasteiger partial charge in [0.15, 0.2) is 0 Å². The molecule has 3 nitrogen and oxygen atoms in total. The van der Waals surface area contributed by atoms with E-state index >= 15 is 0 Å². The highest BCUT2D eigenvalue weighted by Gasteiger charge is 2.09. The summed E-state index contributed by atoms with van der Waals surface area (Å²) in [5.74, 6) is 5.56. The molecule has 1 aromatic rings. The maximum atomic E-state index is 5.56. The van der Waals surface area contributed by atoms with Crippen LogP contribution in [0.5, 0.6) is 0 Å². The van der Waals surface area contributed by atoms with Crippen molar-refractivity contribution < 1.29 is 0 Å². The van der Waals surface area contributed by atoms with Crippen molar-refractivity contribution >= 4 is 15.9 Å². The summed E-state index contributed by atoms with van der Waals surface area (Å²) in [5.41, 5.74) is 3.85. The molecule has 0 radical (unpaired) electrons. The molecule has 0 aliphatic heterocycles. The Morgan fingerprint density at radius 2 is 2.19 bits per heavy atom. The van der Waals surface area contributed by atoms with Gasteiger partial charge in [-0.2, -0.15) is 0 Å². The highest BCUT2D eigenvalue weighted by molar-refractivity contribution is 9.10. The second-order valence-electron chi connectivity index (χ2n) is 3.97. The van der Waals surface area contributed by atoms with Gasteiger partial charge in [-0.1, -0.05) is 32.6 Å². The Morgan fingerprint density at radius 1 is 1.38 bits per heavy atom. The molecule has 0 aromatic carbocycles. The van der Waals surface area contributed by atoms with E-state index in [1.807, 2.05) is 18.3 Å². The number of aromatic nitrogens is 1. The molecule has 0 aliphatic rings. The third-order valence-electron chi connectivity index (χ3n) is 2.65. The van der Waals surface area contributed by atoms with E-state index in [-0.39, 0.29) is 6.04 Å². The van der Waals surface area contributed by atoms with Crippen LogP contribution in [0.4, 0.5) is 0 Å².